The lowest BCUT2D eigenvalue weighted by molar-refractivity contribution is -0.159. The van der Waals surface area contributed by atoms with Crippen LogP contribution < -0.4 is 0 Å². The van der Waals surface area contributed by atoms with Crippen LogP contribution >= 0.6 is 15.9 Å². The molecule has 0 aliphatic carbocycles. The first-order valence-corrected chi connectivity index (χ1v) is 7.65. The second-order valence-corrected chi connectivity index (χ2v) is 5.85. The first-order valence-electron chi connectivity index (χ1n) is 6.73. The summed E-state index contributed by atoms with van der Waals surface area (Å²) in [7, 11) is 0. The van der Waals surface area contributed by atoms with Gasteiger partial charge in [0.25, 0.3) is 0 Å². The van der Waals surface area contributed by atoms with Gasteiger partial charge in [-0.25, -0.2) is 9.59 Å². The third kappa shape index (κ3) is 3.71. The normalized spacial score (nSPS) is 23.3. The van der Waals surface area contributed by atoms with Crippen LogP contribution in [0.2, 0.25) is 0 Å². The maximum absolute atomic E-state index is 12.2. The number of alkyl halides is 1. The van der Waals surface area contributed by atoms with Gasteiger partial charge in [-0.3, -0.25) is 4.79 Å². The number of esters is 2. The zero-order chi connectivity index (χ0) is 15.3. The van der Waals surface area contributed by atoms with Crippen molar-refractivity contribution in [1.29, 1.82) is 0 Å². The largest absolute Gasteiger partial charge is 0.464 e. The molecule has 0 aromatic rings. The highest BCUT2D eigenvalue weighted by Gasteiger charge is 2.46. The van der Waals surface area contributed by atoms with Crippen molar-refractivity contribution in [3.8, 4) is 0 Å². The van der Waals surface area contributed by atoms with E-state index in [1.54, 1.807) is 20.8 Å². The van der Waals surface area contributed by atoms with Crippen LogP contribution in [0.4, 0.5) is 0 Å². The van der Waals surface area contributed by atoms with E-state index in [1.807, 2.05) is 0 Å². The van der Waals surface area contributed by atoms with Crippen molar-refractivity contribution < 1.29 is 23.9 Å². The van der Waals surface area contributed by atoms with E-state index in [1.165, 1.54) is 4.90 Å². The van der Waals surface area contributed by atoms with Crippen molar-refractivity contribution in [1.82, 2.24) is 4.90 Å². The fourth-order valence-electron chi connectivity index (χ4n) is 2.26. The van der Waals surface area contributed by atoms with Gasteiger partial charge in [0, 0.05) is 0 Å². The Bertz CT molecular complexity index is 359. The summed E-state index contributed by atoms with van der Waals surface area (Å²) in [6.45, 7) is 5.55. The number of rotatable bonds is 5. The van der Waals surface area contributed by atoms with Gasteiger partial charge >= 0.3 is 11.9 Å². The Kier molecular flexibility index (Phi) is 6.45. The molecule has 1 aliphatic heterocycles. The van der Waals surface area contributed by atoms with Crippen LogP contribution in [0.1, 0.15) is 33.6 Å². The van der Waals surface area contributed by atoms with E-state index in [9.17, 15) is 14.4 Å². The molecular weight excluding hydrogens is 330 g/mol. The molecule has 0 spiro atoms. The molecule has 3 unspecified atom stereocenters. The zero-order valence-corrected chi connectivity index (χ0v) is 13.5. The van der Waals surface area contributed by atoms with Gasteiger partial charge in [0.05, 0.1) is 18.0 Å². The summed E-state index contributed by atoms with van der Waals surface area (Å²) >= 11 is 3.19. The molecule has 0 bridgehead atoms. The smallest absolute Gasteiger partial charge is 0.328 e. The Morgan fingerprint density at radius 2 is 1.50 bits per heavy atom. The van der Waals surface area contributed by atoms with E-state index in [2.05, 4.69) is 15.9 Å². The monoisotopic (exact) mass is 349 g/mol. The van der Waals surface area contributed by atoms with Crippen LogP contribution in [0.15, 0.2) is 0 Å². The SMILES string of the molecule is CCOC(=O)C1CCC(C(=O)OCC)N1C(=O)C(C)Br. The number of ether oxygens (including phenoxy) is 2. The number of likely N-dealkylation sites (tertiary alicyclic amines) is 1. The van der Waals surface area contributed by atoms with Crippen LogP contribution in [0.5, 0.6) is 0 Å². The van der Waals surface area contributed by atoms with Crippen molar-refractivity contribution in [2.24, 2.45) is 0 Å². The summed E-state index contributed by atoms with van der Waals surface area (Å²) in [4.78, 5) is 36.9. The van der Waals surface area contributed by atoms with Crippen molar-refractivity contribution in [2.75, 3.05) is 13.2 Å². The third-order valence-electron chi connectivity index (χ3n) is 3.10. The molecule has 1 saturated heterocycles. The average Bonchev–Trinajstić information content (AvgIpc) is 2.82. The Morgan fingerprint density at radius 1 is 1.10 bits per heavy atom. The van der Waals surface area contributed by atoms with Crippen molar-refractivity contribution in [2.45, 2.75) is 50.5 Å². The van der Waals surface area contributed by atoms with E-state index in [0.717, 1.165) is 0 Å². The number of amides is 1. The van der Waals surface area contributed by atoms with Crippen LogP contribution in [-0.4, -0.2) is 52.9 Å². The van der Waals surface area contributed by atoms with Gasteiger partial charge in [0.1, 0.15) is 12.1 Å². The van der Waals surface area contributed by atoms with Gasteiger partial charge in [0.2, 0.25) is 5.91 Å². The molecule has 1 fully saturated rings. The second kappa shape index (κ2) is 7.61. The second-order valence-electron chi connectivity index (χ2n) is 4.47. The highest BCUT2D eigenvalue weighted by molar-refractivity contribution is 9.10. The molecule has 20 heavy (non-hydrogen) atoms. The molecule has 0 radical (unpaired) electrons. The lowest BCUT2D eigenvalue weighted by Gasteiger charge is -2.28. The highest BCUT2D eigenvalue weighted by atomic mass is 79.9. The van der Waals surface area contributed by atoms with Crippen molar-refractivity contribution in [3.63, 3.8) is 0 Å². The fourth-order valence-corrected chi connectivity index (χ4v) is 2.50. The maximum atomic E-state index is 12.2. The maximum Gasteiger partial charge on any atom is 0.328 e. The number of carbonyl (C=O) groups is 3. The van der Waals surface area contributed by atoms with E-state index in [4.69, 9.17) is 9.47 Å². The molecule has 1 heterocycles. The van der Waals surface area contributed by atoms with Crippen LogP contribution in [0.25, 0.3) is 0 Å². The third-order valence-corrected chi connectivity index (χ3v) is 3.49. The number of hydrogen-bond acceptors (Lipinski definition) is 5. The Hall–Kier alpha value is -1.11. The Balaban J connectivity index is 2.95. The van der Waals surface area contributed by atoms with Crippen LogP contribution in [-0.2, 0) is 23.9 Å². The summed E-state index contributed by atoms with van der Waals surface area (Å²) in [5.74, 6) is -1.25. The summed E-state index contributed by atoms with van der Waals surface area (Å²) in [5.41, 5.74) is 0. The Labute approximate surface area is 126 Å². The quantitative estimate of drug-likeness (QED) is 0.551. The van der Waals surface area contributed by atoms with Gasteiger partial charge < -0.3 is 14.4 Å². The minimum Gasteiger partial charge on any atom is -0.464 e. The molecule has 114 valence electrons. The minimum atomic E-state index is -0.711. The standard InChI is InChI=1S/C13H20BrNO5/c1-4-19-12(17)9-6-7-10(13(18)20-5-2)15(9)11(16)8(3)14/h8-10H,4-7H2,1-3H3. The van der Waals surface area contributed by atoms with Gasteiger partial charge in [0.15, 0.2) is 0 Å². The fraction of sp³-hybridized carbons (Fsp3) is 0.769. The van der Waals surface area contributed by atoms with Gasteiger partial charge in [-0.2, -0.15) is 0 Å². The number of nitrogens with zero attached hydrogens (tertiary/aromatic N) is 1. The first-order chi connectivity index (χ1) is 9.43. The van der Waals surface area contributed by atoms with Gasteiger partial charge in [-0.15, -0.1) is 0 Å². The zero-order valence-electron chi connectivity index (χ0n) is 11.9. The predicted octanol–water partition coefficient (Wildman–Crippen LogP) is 1.26. The molecule has 0 aromatic heterocycles. The van der Waals surface area contributed by atoms with Crippen LogP contribution in [0.3, 0.4) is 0 Å². The molecule has 0 N–H and O–H groups in total. The van der Waals surface area contributed by atoms with Crippen molar-refractivity contribution in [3.05, 3.63) is 0 Å². The molecule has 1 rings (SSSR count). The lowest BCUT2D eigenvalue weighted by atomic mass is 10.2. The summed E-state index contributed by atoms with van der Waals surface area (Å²) < 4.78 is 9.95. The molecule has 6 nitrogen and oxygen atoms in total. The predicted molar refractivity (Wildman–Crippen MR) is 75.3 cm³/mol. The molecule has 3 atom stereocenters. The van der Waals surface area contributed by atoms with E-state index in [-0.39, 0.29) is 19.1 Å². The molecular formula is C13H20BrNO5. The molecule has 7 heteroatoms. The first kappa shape index (κ1) is 16.9. The summed E-state index contributed by atoms with van der Waals surface area (Å²) in [6, 6.07) is -1.42. The van der Waals surface area contributed by atoms with Gasteiger partial charge in [-0.1, -0.05) is 15.9 Å². The molecule has 1 aliphatic rings. The number of carbonyl (C=O) groups excluding carboxylic acids is 3. The summed E-state index contributed by atoms with van der Waals surface area (Å²) in [5, 5.41) is 0. The number of hydrogen-bond donors (Lipinski definition) is 0. The Morgan fingerprint density at radius 3 is 1.80 bits per heavy atom. The van der Waals surface area contributed by atoms with E-state index >= 15 is 0 Å². The van der Waals surface area contributed by atoms with E-state index < -0.39 is 28.8 Å². The lowest BCUT2D eigenvalue weighted by Crippen LogP contribution is -2.50. The topological polar surface area (TPSA) is 72.9 Å². The molecule has 0 saturated carbocycles. The highest BCUT2D eigenvalue weighted by Crippen LogP contribution is 2.28. The average molecular weight is 350 g/mol. The minimum absolute atomic E-state index is 0.241. The number of halogens is 1. The molecule has 0 aromatic carbocycles. The summed E-state index contributed by atoms with van der Waals surface area (Å²) in [6.07, 6.45) is 0.821. The van der Waals surface area contributed by atoms with E-state index in [0.29, 0.717) is 12.8 Å². The van der Waals surface area contributed by atoms with Gasteiger partial charge in [-0.05, 0) is 33.6 Å². The van der Waals surface area contributed by atoms with Crippen LogP contribution in [0, 0.1) is 0 Å². The van der Waals surface area contributed by atoms with Crippen molar-refractivity contribution >= 4 is 33.8 Å². The molecule has 1 amide bonds.